The van der Waals surface area contributed by atoms with Crippen molar-refractivity contribution in [2.45, 2.75) is 37.8 Å². The molecule has 4 aliphatic rings. The van der Waals surface area contributed by atoms with Crippen LogP contribution in [0.4, 0.5) is 0 Å². The van der Waals surface area contributed by atoms with Crippen molar-refractivity contribution in [2.24, 2.45) is 11.8 Å². The molecule has 150 valence electrons. The monoisotopic (exact) mass is 381 g/mol. The number of imide groups is 1. The summed E-state index contributed by atoms with van der Waals surface area (Å²) in [5.41, 5.74) is 0. The second-order valence-corrected chi connectivity index (χ2v) is 7.22. The van der Waals surface area contributed by atoms with Crippen LogP contribution in [0.15, 0.2) is 12.2 Å². The van der Waals surface area contributed by atoms with Crippen LogP contribution in [-0.2, 0) is 33.3 Å². The second kappa shape index (κ2) is 8.79. The van der Waals surface area contributed by atoms with Crippen molar-refractivity contribution in [1.82, 2.24) is 4.90 Å². The molecule has 0 saturated carbocycles. The van der Waals surface area contributed by atoms with Crippen molar-refractivity contribution < 1.29 is 33.3 Å². The third kappa shape index (κ3) is 4.09. The molecule has 0 aromatic carbocycles. The van der Waals surface area contributed by atoms with Crippen LogP contribution in [0.1, 0.15) is 19.3 Å². The van der Waals surface area contributed by atoms with E-state index < -0.39 is 0 Å². The molecule has 0 N–H and O–H groups in total. The number of fused-ring (bicyclic) bond motifs is 5. The first-order valence-corrected chi connectivity index (χ1v) is 9.83. The molecular weight excluding hydrogens is 354 g/mol. The van der Waals surface area contributed by atoms with Crippen molar-refractivity contribution >= 4 is 11.8 Å². The van der Waals surface area contributed by atoms with Gasteiger partial charge >= 0.3 is 0 Å². The molecule has 2 bridgehead atoms. The number of amides is 2. The van der Waals surface area contributed by atoms with E-state index in [1.54, 1.807) is 0 Å². The van der Waals surface area contributed by atoms with Crippen molar-refractivity contribution in [3.05, 3.63) is 12.2 Å². The Labute approximate surface area is 158 Å². The van der Waals surface area contributed by atoms with Gasteiger partial charge in [0.2, 0.25) is 11.8 Å². The van der Waals surface area contributed by atoms with Crippen LogP contribution < -0.4 is 0 Å². The number of carbonyl (C=O) groups excluding carboxylic acids is 2. The molecule has 5 atom stereocenters. The zero-order chi connectivity index (χ0) is 18.6. The van der Waals surface area contributed by atoms with Gasteiger partial charge in [0.15, 0.2) is 6.29 Å². The highest BCUT2D eigenvalue weighted by Crippen LogP contribution is 2.44. The molecule has 0 aromatic heterocycles. The van der Waals surface area contributed by atoms with Gasteiger partial charge in [-0.2, -0.15) is 0 Å². The van der Waals surface area contributed by atoms with E-state index in [2.05, 4.69) is 0 Å². The Kier molecular flexibility index (Phi) is 6.19. The number of nitrogens with zero attached hydrogens (tertiary/aromatic N) is 1. The standard InChI is InChI=1S/C19H27NO7/c21-18-16-13-4-5-14(27-13)17(16)19(22)20(18)6-8-23-9-10-24-11-12-26-15-3-1-2-7-25-15/h4-5,13-17H,1-3,6-12H2. The fourth-order valence-electron chi connectivity index (χ4n) is 4.14. The maximum Gasteiger partial charge on any atom is 0.236 e. The van der Waals surface area contributed by atoms with Gasteiger partial charge in [0, 0.05) is 6.61 Å². The number of hydrogen-bond acceptors (Lipinski definition) is 7. The van der Waals surface area contributed by atoms with Crippen LogP contribution in [-0.4, -0.2) is 81.4 Å². The van der Waals surface area contributed by atoms with Crippen molar-refractivity contribution in [2.75, 3.05) is 46.2 Å². The molecular formula is C19H27NO7. The molecule has 2 amide bonds. The summed E-state index contributed by atoms with van der Waals surface area (Å²) in [7, 11) is 0. The van der Waals surface area contributed by atoms with Gasteiger partial charge < -0.3 is 23.7 Å². The molecule has 3 fully saturated rings. The molecule has 4 rings (SSSR count). The molecule has 8 nitrogen and oxygen atoms in total. The smallest absolute Gasteiger partial charge is 0.236 e. The summed E-state index contributed by atoms with van der Waals surface area (Å²) in [5, 5.41) is 0. The van der Waals surface area contributed by atoms with Gasteiger partial charge in [0.05, 0.1) is 63.6 Å². The molecule has 5 unspecified atom stereocenters. The maximum atomic E-state index is 12.4. The maximum absolute atomic E-state index is 12.4. The van der Waals surface area contributed by atoms with Gasteiger partial charge in [-0.1, -0.05) is 12.2 Å². The van der Waals surface area contributed by atoms with E-state index in [4.69, 9.17) is 23.7 Å². The van der Waals surface area contributed by atoms with E-state index in [9.17, 15) is 9.59 Å². The van der Waals surface area contributed by atoms with Gasteiger partial charge in [0.25, 0.3) is 0 Å². The van der Waals surface area contributed by atoms with Crippen LogP contribution in [0, 0.1) is 11.8 Å². The lowest BCUT2D eigenvalue weighted by atomic mass is 9.85. The first-order chi connectivity index (χ1) is 13.3. The minimum atomic E-state index is -0.344. The highest BCUT2D eigenvalue weighted by molar-refractivity contribution is 6.06. The number of hydrogen-bond donors (Lipinski definition) is 0. The predicted octanol–water partition coefficient (Wildman–Crippen LogP) is 0.501. The van der Waals surface area contributed by atoms with Gasteiger partial charge in [-0.25, -0.2) is 0 Å². The van der Waals surface area contributed by atoms with Crippen LogP contribution in [0.5, 0.6) is 0 Å². The molecule has 4 heterocycles. The highest BCUT2D eigenvalue weighted by Gasteiger charge is 2.60. The van der Waals surface area contributed by atoms with Crippen molar-refractivity contribution in [3.8, 4) is 0 Å². The molecule has 0 spiro atoms. The lowest BCUT2D eigenvalue weighted by molar-refractivity contribution is -0.169. The largest absolute Gasteiger partial charge is 0.377 e. The summed E-state index contributed by atoms with van der Waals surface area (Å²) >= 11 is 0. The molecule has 0 aromatic rings. The summed E-state index contributed by atoms with van der Waals surface area (Å²) in [6, 6.07) is 0. The minimum Gasteiger partial charge on any atom is -0.377 e. The Balaban J connectivity index is 1.04. The van der Waals surface area contributed by atoms with Crippen molar-refractivity contribution in [3.63, 3.8) is 0 Å². The van der Waals surface area contributed by atoms with E-state index in [0.29, 0.717) is 33.0 Å². The Hall–Kier alpha value is -1.32. The van der Waals surface area contributed by atoms with Crippen LogP contribution in [0.25, 0.3) is 0 Å². The third-order valence-corrected chi connectivity index (χ3v) is 5.50. The van der Waals surface area contributed by atoms with Gasteiger partial charge in [-0.15, -0.1) is 0 Å². The summed E-state index contributed by atoms with van der Waals surface area (Å²) in [5.74, 6) is -0.958. The summed E-state index contributed by atoms with van der Waals surface area (Å²) in [4.78, 5) is 26.2. The van der Waals surface area contributed by atoms with Gasteiger partial charge in [0.1, 0.15) is 0 Å². The van der Waals surface area contributed by atoms with Crippen LogP contribution in [0.3, 0.4) is 0 Å². The second-order valence-electron chi connectivity index (χ2n) is 7.22. The Morgan fingerprint density at radius 2 is 1.59 bits per heavy atom. The quantitative estimate of drug-likeness (QED) is 0.310. The third-order valence-electron chi connectivity index (χ3n) is 5.50. The van der Waals surface area contributed by atoms with Gasteiger partial charge in [-0.05, 0) is 19.3 Å². The molecule has 4 aliphatic heterocycles. The minimum absolute atomic E-state index is 0.0931. The zero-order valence-electron chi connectivity index (χ0n) is 15.4. The molecule has 27 heavy (non-hydrogen) atoms. The number of rotatable bonds is 10. The number of likely N-dealkylation sites (tertiary alicyclic amines) is 1. The van der Waals surface area contributed by atoms with Crippen molar-refractivity contribution in [1.29, 1.82) is 0 Å². The summed E-state index contributed by atoms with van der Waals surface area (Å²) in [6.07, 6.45) is 6.40. The van der Waals surface area contributed by atoms with E-state index in [1.165, 1.54) is 4.90 Å². The summed E-state index contributed by atoms with van der Waals surface area (Å²) in [6.45, 7) is 3.23. The lowest BCUT2D eigenvalue weighted by Gasteiger charge is -2.22. The zero-order valence-corrected chi connectivity index (χ0v) is 15.4. The first-order valence-electron chi connectivity index (χ1n) is 9.83. The predicted molar refractivity (Wildman–Crippen MR) is 92.7 cm³/mol. The topological polar surface area (TPSA) is 83.5 Å². The van der Waals surface area contributed by atoms with E-state index >= 15 is 0 Å². The fraction of sp³-hybridized carbons (Fsp3) is 0.789. The molecule has 3 saturated heterocycles. The SMILES string of the molecule is O=C1C2C3C=CC(O3)C2C(=O)N1CCOCCOCCOC1CCCCO1. The first kappa shape index (κ1) is 19.0. The fourth-order valence-corrected chi connectivity index (χ4v) is 4.14. The lowest BCUT2D eigenvalue weighted by Crippen LogP contribution is -2.37. The normalized spacial score (nSPS) is 34.7. The summed E-state index contributed by atoms with van der Waals surface area (Å²) < 4.78 is 27.6. The van der Waals surface area contributed by atoms with E-state index in [-0.39, 0.29) is 48.7 Å². The Morgan fingerprint density at radius 1 is 0.926 bits per heavy atom. The van der Waals surface area contributed by atoms with Crippen LogP contribution >= 0.6 is 0 Å². The van der Waals surface area contributed by atoms with E-state index in [0.717, 1.165) is 25.9 Å². The number of ether oxygens (including phenoxy) is 5. The number of carbonyl (C=O) groups is 2. The highest BCUT2D eigenvalue weighted by atomic mass is 16.7. The Bertz CT molecular complexity index is 544. The van der Waals surface area contributed by atoms with E-state index in [1.807, 2.05) is 12.2 Å². The molecule has 8 heteroatoms. The average Bonchev–Trinajstić information content (AvgIpc) is 3.36. The average molecular weight is 381 g/mol. The van der Waals surface area contributed by atoms with Crippen LogP contribution in [0.2, 0.25) is 0 Å². The molecule has 0 aliphatic carbocycles. The molecule has 0 radical (unpaired) electrons. The van der Waals surface area contributed by atoms with Gasteiger partial charge in [-0.3, -0.25) is 14.5 Å². The Morgan fingerprint density at radius 3 is 2.26 bits per heavy atom.